The van der Waals surface area contributed by atoms with Crippen LogP contribution in [0.4, 0.5) is 0 Å². The summed E-state index contributed by atoms with van der Waals surface area (Å²) in [5.74, 6) is 0.674. The van der Waals surface area contributed by atoms with Gasteiger partial charge in [0, 0.05) is 18.2 Å². The molecule has 1 aromatic carbocycles. The zero-order valence-corrected chi connectivity index (χ0v) is 11.6. The normalized spacial score (nSPS) is 10.8. The maximum absolute atomic E-state index is 9.25. The minimum atomic E-state index is -0.196. The molecule has 0 aliphatic rings. The van der Waals surface area contributed by atoms with Crippen LogP contribution in [0.15, 0.2) is 24.3 Å². The first-order chi connectivity index (χ1) is 9.74. The predicted molar refractivity (Wildman–Crippen MR) is 73.4 cm³/mol. The summed E-state index contributed by atoms with van der Waals surface area (Å²) in [6.45, 7) is 0.656. The number of aliphatic hydroxyl groups excluding tert-OH is 2. The fourth-order valence-corrected chi connectivity index (χ4v) is 1.86. The SMILES string of the molecule is OCCCn1nnc(CO)c1COc1ccc(Cl)cc1. The highest BCUT2D eigenvalue weighted by atomic mass is 35.5. The average molecular weight is 298 g/mol. The molecule has 1 aromatic heterocycles. The lowest BCUT2D eigenvalue weighted by Gasteiger charge is -2.09. The standard InChI is InChI=1S/C13H16ClN3O3/c14-10-2-4-11(5-3-10)20-9-13-12(8-19)15-16-17(13)6-1-7-18/h2-5,18-19H,1,6-9H2. The molecule has 0 atom stereocenters. The Morgan fingerprint density at radius 2 is 1.95 bits per heavy atom. The topological polar surface area (TPSA) is 80.4 Å². The smallest absolute Gasteiger partial charge is 0.132 e. The number of benzene rings is 1. The maximum atomic E-state index is 9.25. The lowest BCUT2D eigenvalue weighted by molar-refractivity contribution is 0.255. The summed E-state index contributed by atoms with van der Waals surface area (Å²) >= 11 is 5.81. The molecule has 0 fully saturated rings. The Morgan fingerprint density at radius 1 is 1.20 bits per heavy atom. The molecular formula is C13H16ClN3O3. The molecule has 0 unspecified atom stereocenters. The fourth-order valence-electron chi connectivity index (χ4n) is 1.73. The summed E-state index contributed by atoms with van der Waals surface area (Å²) in [4.78, 5) is 0. The second-order valence-corrected chi connectivity index (χ2v) is 4.62. The molecule has 7 heteroatoms. The third-order valence-electron chi connectivity index (χ3n) is 2.79. The Balaban J connectivity index is 2.06. The van der Waals surface area contributed by atoms with E-state index in [0.717, 1.165) is 0 Å². The number of aliphatic hydroxyl groups is 2. The first-order valence-corrected chi connectivity index (χ1v) is 6.63. The monoisotopic (exact) mass is 297 g/mol. The van der Waals surface area contributed by atoms with Crippen molar-refractivity contribution in [2.24, 2.45) is 0 Å². The van der Waals surface area contributed by atoms with Gasteiger partial charge in [0.2, 0.25) is 0 Å². The summed E-state index contributed by atoms with van der Waals surface area (Å²) in [7, 11) is 0. The predicted octanol–water partition coefficient (Wildman–Crippen LogP) is 1.39. The van der Waals surface area contributed by atoms with E-state index in [-0.39, 0.29) is 19.8 Å². The summed E-state index contributed by atoms with van der Waals surface area (Å²) in [6.07, 6.45) is 0.572. The third kappa shape index (κ3) is 3.69. The molecule has 1 heterocycles. The molecule has 2 aromatic rings. The highest BCUT2D eigenvalue weighted by Gasteiger charge is 2.12. The molecule has 0 amide bonds. The Morgan fingerprint density at radius 3 is 2.60 bits per heavy atom. The van der Waals surface area contributed by atoms with Crippen LogP contribution in [-0.2, 0) is 19.8 Å². The second-order valence-electron chi connectivity index (χ2n) is 4.18. The summed E-state index contributed by atoms with van der Waals surface area (Å²) in [5, 5.41) is 26.6. The van der Waals surface area contributed by atoms with E-state index in [2.05, 4.69) is 10.3 Å². The van der Waals surface area contributed by atoms with E-state index in [4.69, 9.17) is 21.4 Å². The summed E-state index contributed by atoms with van der Waals surface area (Å²) < 4.78 is 7.27. The van der Waals surface area contributed by atoms with E-state index in [1.54, 1.807) is 28.9 Å². The van der Waals surface area contributed by atoms with Crippen LogP contribution in [0.2, 0.25) is 5.02 Å². The molecule has 0 aliphatic heterocycles. The van der Waals surface area contributed by atoms with Gasteiger partial charge in [-0.2, -0.15) is 0 Å². The molecule has 108 valence electrons. The highest BCUT2D eigenvalue weighted by molar-refractivity contribution is 6.30. The van der Waals surface area contributed by atoms with Crippen LogP contribution < -0.4 is 4.74 Å². The molecule has 0 aliphatic carbocycles. The Kier molecular flexibility index (Phi) is 5.34. The maximum Gasteiger partial charge on any atom is 0.132 e. The van der Waals surface area contributed by atoms with Gasteiger partial charge in [-0.05, 0) is 30.7 Å². The Labute approximate surface area is 121 Å². The van der Waals surface area contributed by atoms with Crippen molar-refractivity contribution < 1.29 is 14.9 Å². The van der Waals surface area contributed by atoms with Gasteiger partial charge in [0.1, 0.15) is 23.7 Å². The molecule has 20 heavy (non-hydrogen) atoms. The molecule has 6 nitrogen and oxygen atoms in total. The van der Waals surface area contributed by atoms with Crippen molar-refractivity contribution in [3.05, 3.63) is 40.7 Å². The Bertz CT molecular complexity index is 542. The number of ether oxygens (including phenoxy) is 1. The van der Waals surface area contributed by atoms with Gasteiger partial charge < -0.3 is 14.9 Å². The largest absolute Gasteiger partial charge is 0.487 e. The molecule has 2 N–H and O–H groups in total. The lowest BCUT2D eigenvalue weighted by atomic mass is 10.3. The van der Waals surface area contributed by atoms with Crippen LogP contribution in [0.25, 0.3) is 0 Å². The molecule has 0 bridgehead atoms. The molecule has 0 radical (unpaired) electrons. The second kappa shape index (κ2) is 7.23. The summed E-state index contributed by atoms with van der Waals surface area (Å²) in [5.41, 5.74) is 1.19. The first-order valence-electron chi connectivity index (χ1n) is 6.26. The van der Waals surface area contributed by atoms with Crippen LogP contribution in [0, 0.1) is 0 Å². The van der Waals surface area contributed by atoms with E-state index in [1.165, 1.54) is 0 Å². The van der Waals surface area contributed by atoms with Crippen molar-refractivity contribution in [1.82, 2.24) is 15.0 Å². The van der Waals surface area contributed by atoms with Gasteiger partial charge in [-0.1, -0.05) is 16.8 Å². The fraction of sp³-hybridized carbons (Fsp3) is 0.385. The van der Waals surface area contributed by atoms with E-state index in [9.17, 15) is 5.11 Å². The minimum absolute atomic E-state index is 0.0752. The van der Waals surface area contributed by atoms with Crippen LogP contribution in [0.3, 0.4) is 0 Å². The van der Waals surface area contributed by atoms with E-state index in [1.807, 2.05) is 0 Å². The van der Waals surface area contributed by atoms with E-state index in [0.29, 0.717) is 35.1 Å². The van der Waals surface area contributed by atoms with Crippen molar-refractivity contribution in [3.63, 3.8) is 0 Å². The first kappa shape index (κ1) is 14.8. The average Bonchev–Trinajstić information content (AvgIpc) is 2.86. The van der Waals surface area contributed by atoms with Crippen molar-refractivity contribution in [3.8, 4) is 5.75 Å². The molecule has 0 spiro atoms. The third-order valence-corrected chi connectivity index (χ3v) is 3.04. The van der Waals surface area contributed by atoms with Gasteiger partial charge in [0.15, 0.2) is 0 Å². The zero-order valence-electron chi connectivity index (χ0n) is 10.9. The van der Waals surface area contributed by atoms with Crippen LogP contribution in [0.1, 0.15) is 17.8 Å². The van der Waals surface area contributed by atoms with Crippen LogP contribution in [0.5, 0.6) is 5.75 Å². The highest BCUT2D eigenvalue weighted by Crippen LogP contribution is 2.17. The number of aromatic nitrogens is 3. The quantitative estimate of drug-likeness (QED) is 0.807. The molecule has 2 rings (SSSR count). The van der Waals surface area contributed by atoms with E-state index >= 15 is 0 Å². The number of hydrogen-bond donors (Lipinski definition) is 2. The molecule has 0 saturated carbocycles. The number of nitrogens with zero attached hydrogens (tertiary/aromatic N) is 3. The van der Waals surface area contributed by atoms with Gasteiger partial charge in [-0.25, -0.2) is 4.68 Å². The van der Waals surface area contributed by atoms with Crippen molar-refractivity contribution in [2.75, 3.05) is 6.61 Å². The summed E-state index contributed by atoms with van der Waals surface area (Å²) in [6, 6.07) is 7.02. The number of rotatable bonds is 7. The minimum Gasteiger partial charge on any atom is -0.487 e. The van der Waals surface area contributed by atoms with Crippen molar-refractivity contribution >= 4 is 11.6 Å². The Hall–Kier alpha value is -1.63. The number of hydrogen-bond acceptors (Lipinski definition) is 5. The molecular weight excluding hydrogens is 282 g/mol. The van der Waals surface area contributed by atoms with Gasteiger partial charge in [-0.15, -0.1) is 5.10 Å². The number of halogens is 1. The zero-order chi connectivity index (χ0) is 14.4. The van der Waals surface area contributed by atoms with Crippen molar-refractivity contribution in [2.45, 2.75) is 26.2 Å². The van der Waals surface area contributed by atoms with Crippen LogP contribution >= 0.6 is 11.6 Å². The van der Waals surface area contributed by atoms with Gasteiger partial charge in [0.05, 0.1) is 6.61 Å². The van der Waals surface area contributed by atoms with Crippen LogP contribution in [-0.4, -0.2) is 31.8 Å². The molecule has 0 saturated heterocycles. The van der Waals surface area contributed by atoms with Gasteiger partial charge >= 0.3 is 0 Å². The lowest BCUT2D eigenvalue weighted by Crippen LogP contribution is -2.10. The number of aryl methyl sites for hydroxylation is 1. The van der Waals surface area contributed by atoms with Crippen molar-refractivity contribution in [1.29, 1.82) is 0 Å². The van der Waals surface area contributed by atoms with Gasteiger partial charge in [0.25, 0.3) is 0 Å². The van der Waals surface area contributed by atoms with E-state index < -0.39 is 0 Å². The van der Waals surface area contributed by atoms with Gasteiger partial charge in [-0.3, -0.25) is 0 Å².